The summed E-state index contributed by atoms with van der Waals surface area (Å²) in [5.74, 6) is 1.61. The van der Waals surface area contributed by atoms with Gasteiger partial charge in [0.05, 0.1) is 0 Å². The number of ether oxygens (including phenoxy) is 2. The smallest absolute Gasteiger partial charge is 0.231 e. The summed E-state index contributed by atoms with van der Waals surface area (Å²) < 4.78 is 16.8. The van der Waals surface area contributed by atoms with Crippen LogP contribution in [0.15, 0.2) is 23.2 Å². The molecule has 0 aliphatic carbocycles. The second kappa shape index (κ2) is 7.49. The molecule has 1 heterocycles. The Bertz CT molecular complexity index is 550. The average molecular weight is 336 g/mol. The fraction of sp³-hybridized carbons (Fsp3) is 0.611. The molecule has 0 saturated heterocycles. The number of hydrogen-bond acceptors (Lipinski definition) is 4. The van der Waals surface area contributed by atoms with E-state index in [0.29, 0.717) is 6.79 Å². The minimum Gasteiger partial charge on any atom is -0.454 e. The maximum Gasteiger partial charge on any atom is 0.231 e. The molecular weight excluding hydrogens is 306 g/mol. The van der Waals surface area contributed by atoms with Gasteiger partial charge < -0.3 is 13.9 Å². The molecular formula is C18H29NO3Si. The highest BCUT2D eigenvalue weighted by Crippen LogP contribution is 2.36. The summed E-state index contributed by atoms with van der Waals surface area (Å²) in [6.45, 7) is 13.4. The third-order valence-corrected chi connectivity index (χ3v) is 9.13. The van der Waals surface area contributed by atoms with Crippen LogP contribution < -0.4 is 9.47 Å². The van der Waals surface area contributed by atoms with Gasteiger partial charge in [-0.2, -0.15) is 0 Å². The van der Waals surface area contributed by atoms with E-state index in [-0.39, 0.29) is 5.04 Å². The highest BCUT2D eigenvalue weighted by atomic mass is 28.4. The van der Waals surface area contributed by atoms with Gasteiger partial charge in [-0.05, 0) is 54.7 Å². The summed E-state index contributed by atoms with van der Waals surface area (Å²) in [4.78, 5) is 4.48. The first-order chi connectivity index (χ1) is 10.8. The van der Waals surface area contributed by atoms with Crippen LogP contribution in [0.2, 0.25) is 18.1 Å². The van der Waals surface area contributed by atoms with Gasteiger partial charge in [-0.25, -0.2) is 0 Å². The maximum absolute atomic E-state index is 6.17. The number of rotatable bonds is 7. The third kappa shape index (κ3) is 5.08. The van der Waals surface area contributed by atoms with Crippen LogP contribution in [0.5, 0.6) is 11.5 Å². The molecule has 0 amide bonds. The standard InChI is InChI=1S/C18H29NO3Si/c1-18(2,3)23(4,5)22-11-7-6-10-19-13-15-8-9-16-17(12-15)21-14-20-16/h8-9,12-13H,6-7,10-11,14H2,1-5H3. The number of aliphatic imine (C=N–C) groups is 1. The highest BCUT2D eigenvalue weighted by molar-refractivity contribution is 6.74. The number of benzene rings is 1. The molecule has 0 bridgehead atoms. The third-order valence-electron chi connectivity index (χ3n) is 4.59. The molecule has 2 rings (SSSR count). The van der Waals surface area contributed by atoms with E-state index in [0.717, 1.165) is 43.1 Å². The van der Waals surface area contributed by atoms with E-state index < -0.39 is 8.32 Å². The van der Waals surface area contributed by atoms with Crippen molar-refractivity contribution in [3.8, 4) is 11.5 Å². The summed E-state index contributed by atoms with van der Waals surface area (Å²) in [6.07, 6.45) is 4.01. The Labute approximate surface area is 141 Å². The van der Waals surface area contributed by atoms with Crippen molar-refractivity contribution in [1.82, 2.24) is 0 Å². The molecule has 0 aromatic heterocycles. The van der Waals surface area contributed by atoms with Gasteiger partial charge in [0.15, 0.2) is 19.8 Å². The molecule has 0 saturated carbocycles. The fourth-order valence-corrected chi connectivity index (χ4v) is 3.10. The molecule has 1 aromatic rings. The average Bonchev–Trinajstić information content (AvgIpc) is 2.92. The van der Waals surface area contributed by atoms with Gasteiger partial charge >= 0.3 is 0 Å². The summed E-state index contributed by atoms with van der Waals surface area (Å²) in [6, 6.07) is 5.89. The van der Waals surface area contributed by atoms with Gasteiger partial charge in [0.1, 0.15) is 0 Å². The van der Waals surface area contributed by atoms with Crippen LogP contribution in [-0.4, -0.2) is 34.5 Å². The Balaban J connectivity index is 1.66. The van der Waals surface area contributed by atoms with Gasteiger partial charge in [0, 0.05) is 19.4 Å². The van der Waals surface area contributed by atoms with Crippen LogP contribution in [0.4, 0.5) is 0 Å². The second-order valence-electron chi connectivity index (χ2n) is 7.46. The molecule has 0 fully saturated rings. The number of nitrogens with zero attached hydrogens (tertiary/aromatic N) is 1. The van der Waals surface area contributed by atoms with Gasteiger partial charge in [0.2, 0.25) is 6.79 Å². The SMILES string of the molecule is CC(C)(C)[Si](C)(C)OCCCCN=Cc1ccc2c(c1)OCO2. The largest absolute Gasteiger partial charge is 0.454 e. The summed E-state index contributed by atoms with van der Waals surface area (Å²) >= 11 is 0. The number of hydrogen-bond donors (Lipinski definition) is 0. The van der Waals surface area contributed by atoms with Crippen molar-refractivity contribution in [1.29, 1.82) is 0 Å². The van der Waals surface area contributed by atoms with E-state index in [2.05, 4.69) is 38.9 Å². The number of fused-ring (bicyclic) bond motifs is 1. The first-order valence-corrected chi connectivity index (χ1v) is 11.2. The van der Waals surface area contributed by atoms with Crippen molar-refractivity contribution in [3.05, 3.63) is 23.8 Å². The lowest BCUT2D eigenvalue weighted by molar-refractivity contribution is 0.174. The van der Waals surface area contributed by atoms with E-state index >= 15 is 0 Å². The predicted molar refractivity (Wildman–Crippen MR) is 97.4 cm³/mol. The van der Waals surface area contributed by atoms with Crippen molar-refractivity contribution in [2.24, 2.45) is 4.99 Å². The first-order valence-electron chi connectivity index (χ1n) is 8.33. The molecule has 5 heteroatoms. The van der Waals surface area contributed by atoms with E-state index in [9.17, 15) is 0 Å². The lowest BCUT2D eigenvalue weighted by Gasteiger charge is -2.36. The van der Waals surface area contributed by atoms with E-state index in [1.165, 1.54) is 0 Å². The summed E-state index contributed by atoms with van der Waals surface area (Å²) in [5, 5.41) is 0.282. The second-order valence-corrected chi connectivity index (χ2v) is 12.3. The Morgan fingerprint density at radius 3 is 2.65 bits per heavy atom. The van der Waals surface area contributed by atoms with Crippen LogP contribution in [0.1, 0.15) is 39.2 Å². The van der Waals surface area contributed by atoms with Crippen LogP contribution in [0.3, 0.4) is 0 Å². The van der Waals surface area contributed by atoms with Gasteiger partial charge in [0.25, 0.3) is 0 Å². The lowest BCUT2D eigenvalue weighted by Crippen LogP contribution is -2.40. The Kier molecular flexibility index (Phi) is 5.87. The number of unbranched alkanes of at least 4 members (excludes halogenated alkanes) is 1. The van der Waals surface area contributed by atoms with Gasteiger partial charge in [-0.15, -0.1) is 0 Å². The highest BCUT2D eigenvalue weighted by Gasteiger charge is 2.36. The zero-order chi connectivity index (χ0) is 16.9. The van der Waals surface area contributed by atoms with Crippen LogP contribution in [-0.2, 0) is 4.43 Å². The van der Waals surface area contributed by atoms with Crippen molar-refractivity contribution < 1.29 is 13.9 Å². The molecule has 4 nitrogen and oxygen atoms in total. The Morgan fingerprint density at radius 1 is 1.17 bits per heavy atom. The zero-order valence-electron chi connectivity index (χ0n) is 15.0. The van der Waals surface area contributed by atoms with E-state index in [4.69, 9.17) is 13.9 Å². The lowest BCUT2D eigenvalue weighted by atomic mass is 10.2. The van der Waals surface area contributed by atoms with Crippen LogP contribution in [0.25, 0.3) is 0 Å². The molecule has 1 aliphatic rings. The topological polar surface area (TPSA) is 40.0 Å². The minimum atomic E-state index is -1.60. The Hall–Kier alpha value is -1.33. The molecule has 0 N–H and O–H groups in total. The summed E-state index contributed by atoms with van der Waals surface area (Å²) in [7, 11) is -1.60. The van der Waals surface area contributed by atoms with Crippen molar-refractivity contribution in [2.45, 2.75) is 51.7 Å². The first kappa shape index (κ1) is 18.0. The predicted octanol–water partition coefficient (Wildman–Crippen LogP) is 4.64. The van der Waals surface area contributed by atoms with Crippen molar-refractivity contribution in [2.75, 3.05) is 19.9 Å². The Morgan fingerprint density at radius 2 is 1.91 bits per heavy atom. The van der Waals surface area contributed by atoms with Crippen LogP contribution in [0, 0.1) is 0 Å². The summed E-state index contributed by atoms with van der Waals surface area (Å²) in [5.41, 5.74) is 1.05. The molecule has 0 atom stereocenters. The van der Waals surface area contributed by atoms with Crippen molar-refractivity contribution in [3.63, 3.8) is 0 Å². The molecule has 0 radical (unpaired) electrons. The quantitative estimate of drug-likeness (QED) is 0.414. The fourth-order valence-electron chi connectivity index (χ4n) is 2.01. The van der Waals surface area contributed by atoms with Crippen LogP contribution >= 0.6 is 0 Å². The van der Waals surface area contributed by atoms with Crippen molar-refractivity contribution >= 4 is 14.5 Å². The molecule has 23 heavy (non-hydrogen) atoms. The van der Waals surface area contributed by atoms with E-state index in [1.807, 2.05) is 24.4 Å². The zero-order valence-corrected chi connectivity index (χ0v) is 16.0. The molecule has 0 spiro atoms. The molecule has 0 unspecified atom stereocenters. The minimum absolute atomic E-state index is 0.282. The molecule has 128 valence electrons. The molecule has 1 aromatic carbocycles. The maximum atomic E-state index is 6.17. The molecule has 1 aliphatic heterocycles. The van der Waals surface area contributed by atoms with Gasteiger partial charge in [-0.3, -0.25) is 4.99 Å². The normalized spacial score (nSPS) is 14.7. The van der Waals surface area contributed by atoms with Gasteiger partial charge in [-0.1, -0.05) is 20.8 Å². The van der Waals surface area contributed by atoms with E-state index in [1.54, 1.807) is 0 Å². The monoisotopic (exact) mass is 335 g/mol.